The summed E-state index contributed by atoms with van der Waals surface area (Å²) in [6.45, 7) is 4.70. The molecule has 0 radical (unpaired) electrons. The van der Waals surface area contributed by atoms with Crippen LogP contribution in [0.2, 0.25) is 5.02 Å². The third-order valence-corrected chi connectivity index (χ3v) is 4.93. The standard InChI is InChI=1S/C21H21ClN4O4/c1-12-9-14(22)7-8-16(12)24-20(30)23-15-6-4-5-13(10-15)18-21(2,3)19(29)26(25-18)11-17(27)28/h4-10H,11H2,1-3H3,(H,27,28)(H2,23,24,30). The van der Waals surface area contributed by atoms with Crippen molar-refractivity contribution in [2.75, 3.05) is 17.2 Å². The van der Waals surface area contributed by atoms with Crippen LogP contribution in [0.4, 0.5) is 16.2 Å². The molecule has 8 nitrogen and oxygen atoms in total. The van der Waals surface area contributed by atoms with Gasteiger partial charge < -0.3 is 15.7 Å². The summed E-state index contributed by atoms with van der Waals surface area (Å²) in [7, 11) is 0. The normalized spacial score (nSPS) is 15.0. The maximum atomic E-state index is 12.5. The Kier molecular flexibility index (Phi) is 5.80. The Morgan fingerprint density at radius 1 is 1.17 bits per heavy atom. The van der Waals surface area contributed by atoms with Gasteiger partial charge in [0.15, 0.2) is 0 Å². The second-order valence-electron chi connectivity index (χ2n) is 7.45. The number of amides is 3. The molecule has 0 atom stereocenters. The van der Waals surface area contributed by atoms with Crippen LogP contribution >= 0.6 is 11.6 Å². The summed E-state index contributed by atoms with van der Waals surface area (Å²) < 4.78 is 0. The molecule has 30 heavy (non-hydrogen) atoms. The first-order valence-corrected chi connectivity index (χ1v) is 9.53. The summed E-state index contributed by atoms with van der Waals surface area (Å²) in [6, 6.07) is 11.6. The van der Waals surface area contributed by atoms with Crippen LogP contribution in [0.5, 0.6) is 0 Å². The molecule has 0 saturated heterocycles. The van der Waals surface area contributed by atoms with Crippen molar-refractivity contribution < 1.29 is 19.5 Å². The van der Waals surface area contributed by atoms with Crippen molar-refractivity contribution in [1.29, 1.82) is 0 Å². The highest BCUT2D eigenvalue weighted by atomic mass is 35.5. The van der Waals surface area contributed by atoms with Crippen LogP contribution in [0.25, 0.3) is 0 Å². The van der Waals surface area contributed by atoms with Gasteiger partial charge in [0, 0.05) is 22.0 Å². The monoisotopic (exact) mass is 428 g/mol. The summed E-state index contributed by atoms with van der Waals surface area (Å²) in [5.41, 5.74) is 2.01. The van der Waals surface area contributed by atoms with E-state index >= 15 is 0 Å². The third kappa shape index (κ3) is 4.44. The van der Waals surface area contributed by atoms with Gasteiger partial charge in [0.25, 0.3) is 5.91 Å². The van der Waals surface area contributed by atoms with Crippen LogP contribution in [0.3, 0.4) is 0 Å². The van der Waals surface area contributed by atoms with E-state index in [1.165, 1.54) is 0 Å². The first-order valence-electron chi connectivity index (χ1n) is 9.15. The van der Waals surface area contributed by atoms with Crippen molar-refractivity contribution in [1.82, 2.24) is 5.01 Å². The molecule has 0 unspecified atom stereocenters. The van der Waals surface area contributed by atoms with Gasteiger partial charge in [-0.15, -0.1) is 0 Å². The van der Waals surface area contributed by atoms with Crippen molar-refractivity contribution in [3.63, 3.8) is 0 Å². The van der Waals surface area contributed by atoms with E-state index < -0.39 is 29.9 Å². The number of benzene rings is 2. The number of anilines is 2. The lowest BCUT2D eigenvalue weighted by atomic mass is 9.83. The van der Waals surface area contributed by atoms with Gasteiger partial charge in [-0.3, -0.25) is 9.59 Å². The van der Waals surface area contributed by atoms with E-state index in [0.717, 1.165) is 10.6 Å². The molecule has 3 amide bonds. The van der Waals surface area contributed by atoms with Gasteiger partial charge in [0.05, 0.1) is 11.1 Å². The number of carboxylic acids is 1. The lowest BCUT2D eigenvalue weighted by Gasteiger charge is -2.19. The second-order valence-corrected chi connectivity index (χ2v) is 7.89. The van der Waals surface area contributed by atoms with E-state index in [1.54, 1.807) is 56.3 Å². The minimum Gasteiger partial charge on any atom is -0.480 e. The fourth-order valence-corrected chi connectivity index (χ4v) is 3.39. The highest BCUT2D eigenvalue weighted by Gasteiger charge is 2.44. The number of halogens is 1. The predicted molar refractivity (Wildman–Crippen MR) is 115 cm³/mol. The van der Waals surface area contributed by atoms with Crippen molar-refractivity contribution in [2.45, 2.75) is 20.8 Å². The molecule has 0 spiro atoms. The number of aliphatic carboxylic acids is 1. The number of nitrogens with one attached hydrogen (secondary N) is 2. The molecule has 156 valence electrons. The Bertz CT molecular complexity index is 1060. The van der Waals surface area contributed by atoms with E-state index in [1.807, 2.05) is 6.92 Å². The van der Waals surface area contributed by atoms with Crippen LogP contribution in [-0.2, 0) is 9.59 Å². The molecule has 3 rings (SSSR count). The minimum atomic E-state index is -1.14. The highest BCUT2D eigenvalue weighted by molar-refractivity contribution is 6.30. The van der Waals surface area contributed by atoms with Crippen molar-refractivity contribution in [3.05, 3.63) is 58.6 Å². The number of carboxylic acid groups (broad SMARTS) is 1. The SMILES string of the molecule is Cc1cc(Cl)ccc1NC(=O)Nc1cccc(C2=NN(CC(=O)O)C(=O)C2(C)C)c1. The van der Waals surface area contributed by atoms with Gasteiger partial charge >= 0.3 is 12.0 Å². The highest BCUT2D eigenvalue weighted by Crippen LogP contribution is 2.32. The fraction of sp³-hybridized carbons (Fsp3) is 0.238. The Labute approximate surface area is 178 Å². The van der Waals surface area contributed by atoms with Gasteiger partial charge in [-0.1, -0.05) is 23.7 Å². The number of hydrogen-bond acceptors (Lipinski definition) is 4. The molecule has 0 saturated carbocycles. The largest absolute Gasteiger partial charge is 0.480 e. The molecule has 9 heteroatoms. The molecule has 3 N–H and O–H groups in total. The molecule has 0 aliphatic carbocycles. The summed E-state index contributed by atoms with van der Waals surface area (Å²) >= 11 is 5.93. The first kappa shape index (κ1) is 21.3. The maximum absolute atomic E-state index is 12.5. The smallest absolute Gasteiger partial charge is 0.325 e. The predicted octanol–water partition coefficient (Wildman–Crippen LogP) is 3.95. The second kappa shape index (κ2) is 8.16. The molecule has 2 aromatic rings. The molecular weight excluding hydrogens is 408 g/mol. The topological polar surface area (TPSA) is 111 Å². The van der Waals surface area contributed by atoms with Crippen LogP contribution in [0.15, 0.2) is 47.6 Å². The summed E-state index contributed by atoms with van der Waals surface area (Å²) in [5, 5.41) is 20.3. The summed E-state index contributed by atoms with van der Waals surface area (Å²) in [6.07, 6.45) is 0. The Morgan fingerprint density at radius 2 is 1.90 bits per heavy atom. The average molecular weight is 429 g/mol. The van der Waals surface area contributed by atoms with Crippen molar-refractivity contribution in [2.24, 2.45) is 10.5 Å². The van der Waals surface area contributed by atoms with Crippen molar-refractivity contribution >= 4 is 46.6 Å². The van der Waals surface area contributed by atoms with Crippen LogP contribution < -0.4 is 10.6 Å². The zero-order valence-electron chi connectivity index (χ0n) is 16.7. The number of carbonyl (C=O) groups is 3. The molecule has 2 aromatic carbocycles. The molecule has 0 fully saturated rings. The summed E-state index contributed by atoms with van der Waals surface area (Å²) in [4.78, 5) is 35.9. The zero-order chi connectivity index (χ0) is 22.1. The van der Waals surface area contributed by atoms with Crippen molar-refractivity contribution in [3.8, 4) is 0 Å². The third-order valence-electron chi connectivity index (χ3n) is 4.70. The molecular formula is C21H21ClN4O4. The lowest BCUT2D eigenvalue weighted by molar-refractivity contribution is -0.145. The van der Waals surface area contributed by atoms with Gasteiger partial charge in [0.1, 0.15) is 6.54 Å². The minimum absolute atomic E-state index is 0.394. The van der Waals surface area contributed by atoms with Crippen LogP contribution in [-0.4, -0.2) is 40.3 Å². The zero-order valence-corrected chi connectivity index (χ0v) is 17.4. The van der Waals surface area contributed by atoms with Gasteiger partial charge in [-0.2, -0.15) is 5.10 Å². The number of rotatable bonds is 5. The maximum Gasteiger partial charge on any atom is 0.325 e. The number of aryl methyl sites for hydroxylation is 1. The van der Waals surface area contributed by atoms with Gasteiger partial charge in [-0.05, 0) is 56.7 Å². The number of nitrogens with zero attached hydrogens (tertiary/aromatic N) is 2. The summed E-state index contributed by atoms with van der Waals surface area (Å²) in [5.74, 6) is -1.54. The number of hydrogen-bond donors (Lipinski definition) is 3. The Balaban J connectivity index is 1.79. The molecule has 0 aromatic heterocycles. The fourth-order valence-electron chi connectivity index (χ4n) is 3.17. The lowest BCUT2D eigenvalue weighted by Crippen LogP contribution is -2.37. The molecule has 1 aliphatic rings. The molecule has 0 bridgehead atoms. The Hall–Kier alpha value is -3.39. The van der Waals surface area contributed by atoms with E-state index in [0.29, 0.717) is 27.7 Å². The van der Waals surface area contributed by atoms with E-state index in [4.69, 9.17) is 16.7 Å². The van der Waals surface area contributed by atoms with E-state index in [2.05, 4.69) is 15.7 Å². The average Bonchev–Trinajstić information content (AvgIpc) is 2.87. The number of carbonyl (C=O) groups excluding carboxylic acids is 2. The Morgan fingerprint density at radius 3 is 2.57 bits per heavy atom. The first-order chi connectivity index (χ1) is 14.1. The van der Waals surface area contributed by atoms with E-state index in [9.17, 15) is 14.4 Å². The van der Waals surface area contributed by atoms with Crippen LogP contribution in [0, 0.1) is 12.3 Å². The van der Waals surface area contributed by atoms with Gasteiger partial charge in [-0.25, -0.2) is 9.80 Å². The number of hydrazone groups is 1. The molecule has 1 heterocycles. The number of urea groups is 1. The van der Waals surface area contributed by atoms with Gasteiger partial charge in [0.2, 0.25) is 0 Å². The molecule has 1 aliphatic heterocycles. The van der Waals surface area contributed by atoms with E-state index in [-0.39, 0.29) is 0 Å². The quantitative estimate of drug-likeness (QED) is 0.669. The van der Waals surface area contributed by atoms with Crippen LogP contribution in [0.1, 0.15) is 25.0 Å².